The number of aryl methyl sites for hydroxylation is 2. The van der Waals surface area contributed by atoms with E-state index in [-0.39, 0.29) is 5.91 Å². The summed E-state index contributed by atoms with van der Waals surface area (Å²) >= 11 is 0. The number of hydrogen-bond donors (Lipinski definition) is 0. The van der Waals surface area contributed by atoms with Crippen LogP contribution in [-0.4, -0.2) is 43.6 Å². The molecule has 0 unspecified atom stereocenters. The van der Waals surface area contributed by atoms with Crippen LogP contribution in [0.3, 0.4) is 0 Å². The van der Waals surface area contributed by atoms with Gasteiger partial charge in [0.15, 0.2) is 0 Å². The molecule has 0 bridgehead atoms. The molecule has 4 heterocycles. The first-order valence-corrected chi connectivity index (χ1v) is 7.41. The standard InChI is InChI=1S/C15H17N5O2/c1-3-20-5-4-12(18-20)14(21)19-8-15(9-19)11-6-16-10(2)17-13(11)7-22-15/h4-6H,3,7-9H2,1-2H3. The second-order valence-corrected chi connectivity index (χ2v) is 5.78. The van der Waals surface area contributed by atoms with Crippen molar-refractivity contribution >= 4 is 5.91 Å². The zero-order valence-corrected chi connectivity index (χ0v) is 12.6. The first-order valence-electron chi connectivity index (χ1n) is 7.41. The first kappa shape index (κ1) is 13.4. The predicted molar refractivity (Wildman–Crippen MR) is 77.0 cm³/mol. The Balaban J connectivity index is 1.52. The molecule has 2 aliphatic heterocycles. The number of carbonyl (C=O) groups is 1. The Kier molecular flexibility index (Phi) is 2.80. The summed E-state index contributed by atoms with van der Waals surface area (Å²) < 4.78 is 7.67. The van der Waals surface area contributed by atoms with Crippen LogP contribution in [0.4, 0.5) is 0 Å². The van der Waals surface area contributed by atoms with Crippen LogP contribution in [0, 0.1) is 6.92 Å². The van der Waals surface area contributed by atoms with E-state index in [9.17, 15) is 4.79 Å². The van der Waals surface area contributed by atoms with E-state index in [1.807, 2.05) is 26.2 Å². The van der Waals surface area contributed by atoms with Crippen LogP contribution in [0.5, 0.6) is 0 Å². The van der Waals surface area contributed by atoms with Crippen molar-refractivity contribution in [1.29, 1.82) is 0 Å². The summed E-state index contributed by atoms with van der Waals surface area (Å²) in [5, 5.41) is 4.26. The minimum absolute atomic E-state index is 0.0529. The third-order valence-corrected chi connectivity index (χ3v) is 4.33. The van der Waals surface area contributed by atoms with Gasteiger partial charge in [0.05, 0.1) is 25.4 Å². The summed E-state index contributed by atoms with van der Waals surface area (Å²) in [5.74, 6) is 0.694. The Morgan fingerprint density at radius 2 is 2.27 bits per heavy atom. The topological polar surface area (TPSA) is 73.1 Å². The van der Waals surface area contributed by atoms with Gasteiger partial charge in [-0.05, 0) is 19.9 Å². The molecule has 0 N–H and O–H groups in total. The van der Waals surface area contributed by atoms with Gasteiger partial charge in [0.2, 0.25) is 0 Å². The second kappa shape index (κ2) is 4.61. The molecular weight excluding hydrogens is 282 g/mol. The molecule has 2 aromatic heterocycles. The largest absolute Gasteiger partial charge is 0.360 e. The highest BCUT2D eigenvalue weighted by Crippen LogP contribution is 2.42. The van der Waals surface area contributed by atoms with Crippen LogP contribution in [-0.2, 0) is 23.5 Å². The minimum Gasteiger partial charge on any atom is -0.360 e. The van der Waals surface area contributed by atoms with Crippen molar-refractivity contribution in [3.8, 4) is 0 Å². The molecule has 2 aromatic rings. The van der Waals surface area contributed by atoms with Crippen LogP contribution in [0.2, 0.25) is 0 Å². The Morgan fingerprint density at radius 3 is 3.00 bits per heavy atom. The molecule has 7 nitrogen and oxygen atoms in total. The SMILES string of the molecule is CCn1ccc(C(=O)N2CC3(C2)OCc2nc(C)ncc23)n1. The van der Waals surface area contributed by atoms with Crippen molar-refractivity contribution in [2.45, 2.75) is 32.6 Å². The quantitative estimate of drug-likeness (QED) is 0.823. The van der Waals surface area contributed by atoms with Gasteiger partial charge in [0, 0.05) is 24.5 Å². The molecule has 0 atom stereocenters. The highest BCUT2D eigenvalue weighted by atomic mass is 16.5. The molecule has 7 heteroatoms. The molecule has 22 heavy (non-hydrogen) atoms. The Labute approximate surface area is 127 Å². The van der Waals surface area contributed by atoms with E-state index in [2.05, 4.69) is 15.1 Å². The van der Waals surface area contributed by atoms with E-state index < -0.39 is 5.60 Å². The maximum atomic E-state index is 12.4. The van der Waals surface area contributed by atoms with Gasteiger partial charge in [0.1, 0.15) is 17.1 Å². The molecule has 0 saturated carbocycles. The summed E-state index contributed by atoms with van der Waals surface area (Å²) in [6, 6.07) is 1.76. The van der Waals surface area contributed by atoms with Crippen molar-refractivity contribution in [3.05, 3.63) is 41.2 Å². The zero-order valence-electron chi connectivity index (χ0n) is 12.6. The summed E-state index contributed by atoms with van der Waals surface area (Å²) in [6.45, 7) is 6.17. The van der Waals surface area contributed by atoms with Gasteiger partial charge in [0.25, 0.3) is 5.91 Å². The predicted octanol–water partition coefficient (Wildman–Crippen LogP) is 0.883. The maximum absolute atomic E-state index is 12.4. The Hall–Kier alpha value is -2.28. The number of hydrogen-bond acceptors (Lipinski definition) is 5. The fourth-order valence-corrected chi connectivity index (χ4v) is 3.08. The van der Waals surface area contributed by atoms with Crippen LogP contribution < -0.4 is 0 Å². The maximum Gasteiger partial charge on any atom is 0.274 e. The average molecular weight is 299 g/mol. The van der Waals surface area contributed by atoms with Gasteiger partial charge in [-0.15, -0.1) is 0 Å². The summed E-state index contributed by atoms with van der Waals surface area (Å²) in [6.07, 6.45) is 3.65. The van der Waals surface area contributed by atoms with E-state index in [0.717, 1.165) is 23.6 Å². The molecule has 2 aliphatic rings. The first-order chi connectivity index (χ1) is 10.6. The lowest BCUT2D eigenvalue weighted by molar-refractivity contribution is -0.126. The smallest absolute Gasteiger partial charge is 0.274 e. The number of ether oxygens (including phenoxy) is 1. The number of fused-ring (bicyclic) bond motifs is 2. The minimum atomic E-state index is -0.425. The lowest BCUT2D eigenvalue weighted by Crippen LogP contribution is -2.61. The van der Waals surface area contributed by atoms with Gasteiger partial charge in [-0.25, -0.2) is 9.97 Å². The van der Waals surface area contributed by atoms with Crippen LogP contribution in [0.1, 0.15) is 34.5 Å². The lowest BCUT2D eigenvalue weighted by atomic mass is 9.87. The Bertz CT molecular complexity index is 748. The van der Waals surface area contributed by atoms with Crippen LogP contribution in [0.25, 0.3) is 0 Å². The second-order valence-electron chi connectivity index (χ2n) is 5.78. The van der Waals surface area contributed by atoms with Crippen molar-refractivity contribution in [2.24, 2.45) is 0 Å². The number of aromatic nitrogens is 4. The van der Waals surface area contributed by atoms with Gasteiger partial charge < -0.3 is 9.64 Å². The third-order valence-electron chi connectivity index (χ3n) is 4.33. The van der Waals surface area contributed by atoms with Crippen molar-refractivity contribution in [1.82, 2.24) is 24.6 Å². The van der Waals surface area contributed by atoms with Crippen molar-refractivity contribution in [3.63, 3.8) is 0 Å². The molecule has 4 rings (SSSR count). The van der Waals surface area contributed by atoms with E-state index in [4.69, 9.17) is 4.74 Å². The highest BCUT2D eigenvalue weighted by Gasteiger charge is 2.52. The fraction of sp³-hybridized carbons (Fsp3) is 0.467. The van der Waals surface area contributed by atoms with E-state index in [1.54, 1.807) is 15.6 Å². The van der Waals surface area contributed by atoms with Crippen LogP contribution in [0.15, 0.2) is 18.5 Å². The van der Waals surface area contributed by atoms with Gasteiger partial charge in [-0.3, -0.25) is 9.48 Å². The molecule has 1 spiro atoms. The van der Waals surface area contributed by atoms with Crippen molar-refractivity contribution in [2.75, 3.05) is 13.1 Å². The van der Waals surface area contributed by atoms with Gasteiger partial charge >= 0.3 is 0 Å². The fourth-order valence-electron chi connectivity index (χ4n) is 3.08. The Morgan fingerprint density at radius 1 is 1.45 bits per heavy atom. The summed E-state index contributed by atoms with van der Waals surface area (Å²) in [4.78, 5) is 22.9. The van der Waals surface area contributed by atoms with E-state index >= 15 is 0 Å². The molecule has 0 radical (unpaired) electrons. The molecule has 1 amide bonds. The number of likely N-dealkylation sites (tertiary alicyclic amines) is 1. The van der Waals surface area contributed by atoms with Crippen molar-refractivity contribution < 1.29 is 9.53 Å². The molecule has 1 saturated heterocycles. The monoisotopic (exact) mass is 299 g/mol. The average Bonchev–Trinajstić information content (AvgIpc) is 3.09. The lowest BCUT2D eigenvalue weighted by Gasteiger charge is -2.46. The third kappa shape index (κ3) is 1.85. The number of nitrogens with zero attached hydrogens (tertiary/aromatic N) is 5. The molecular formula is C15H17N5O2. The van der Waals surface area contributed by atoms with Crippen LogP contribution >= 0.6 is 0 Å². The summed E-state index contributed by atoms with van der Waals surface area (Å²) in [7, 11) is 0. The molecule has 114 valence electrons. The van der Waals surface area contributed by atoms with Gasteiger partial charge in [-0.2, -0.15) is 5.10 Å². The highest BCUT2D eigenvalue weighted by molar-refractivity contribution is 5.93. The zero-order chi connectivity index (χ0) is 15.3. The number of rotatable bonds is 2. The normalized spacial score (nSPS) is 18.4. The number of amides is 1. The number of carbonyl (C=O) groups excluding carboxylic acids is 1. The summed E-state index contributed by atoms with van der Waals surface area (Å²) in [5.41, 5.74) is 2.01. The molecule has 0 aromatic carbocycles. The van der Waals surface area contributed by atoms with E-state index in [0.29, 0.717) is 25.4 Å². The van der Waals surface area contributed by atoms with Gasteiger partial charge in [-0.1, -0.05) is 0 Å². The van der Waals surface area contributed by atoms with E-state index in [1.165, 1.54) is 0 Å². The molecule has 1 fully saturated rings. The molecule has 0 aliphatic carbocycles.